The van der Waals surface area contributed by atoms with Gasteiger partial charge in [-0.05, 0) is 37.3 Å². The summed E-state index contributed by atoms with van der Waals surface area (Å²) in [6.07, 6.45) is 1.24. The molecule has 3 rings (SSSR count). The summed E-state index contributed by atoms with van der Waals surface area (Å²) in [7, 11) is 0. The SMILES string of the molecule is C=C1CC[C@@H](n2c(C)nc3cccc(C(C)C)c3c2=O)C(=O)N1. The number of amides is 1. The fourth-order valence-corrected chi connectivity index (χ4v) is 3.24. The maximum absolute atomic E-state index is 13.1. The quantitative estimate of drug-likeness (QED) is 0.927. The summed E-state index contributed by atoms with van der Waals surface area (Å²) in [5.74, 6) is 0.593. The van der Waals surface area contributed by atoms with Crippen molar-refractivity contribution in [2.24, 2.45) is 0 Å². The summed E-state index contributed by atoms with van der Waals surface area (Å²) in [6.45, 7) is 9.67. The second-order valence-corrected chi connectivity index (χ2v) is 6.38. The zero-order valence-corrected chi connectivity index (χ0v) is 13.7. The van der Waals surface area contributed by atoms with Crippen molar-refractivity contribution < 1.29 is 4.79 Å². The molecule has 1 N–H and O–H groups in total. The minimum absolute atomic E-state index is 0.135. The zero-order valence-electron chi connectivity index (χ0n) is 13.7. The summed E-state index contributed by atoms with van der Waals surface area (Å²) in [6, 6.07) is 5.21. The number of piperidine rings is 1. The number of aryl methyl sites for hydroxylation is 1. The van der Waals surface area contributed by atoms with E-state index in [-0.39, 0.29) is 17.4 Å². The lowest BCUT2D eigenvalue weighted by Gasteiger charge is -2.26. The van der Waals surface area contributed by atoms with Crippen LogP contribution in [0.3, 0.4) is 0 Å². The molecule has 1 saturated heterocycles. The van der Waals surface area contributed by atoms with Crippen LogP contribution >= 0.6 is 0 Å². The molecular weight excluding hydrogens is 290 g/mol. The number of carbonyl (C=O) groups is 1. The molecule has 1 fully saturated rings. The molecule has 120 valence electrons. The second-order valence-electron chi connectivity index (χ2n) is 6.38. The van der Waals surface area contributed by atoms with Crippen LogP contribution in [0.4, 0.5) is 0 Å². The average molecular weight is 311 g/mol. The molecule has 0 radical (unpaired) electrons. The van der Waals surface area contributed by atoms with E-state index in [1.165, 1.54) is 4.57 Å². The summed E-state index contributed by atoms with van der Waals surface area (Å²) in [5.41, 5.74) is 2.22. The predicted octanol–water partition coefficient (Wildman–Crippen LogP) is 2.79. The molecule has 1 aromatic heterocycles. The Morgan fingerprint density at radius 1 is 1.35 bits per heavy atom. The number of nitrogens with zero attached hydrogens (tertiary/aromatic N) is 2. The van der Waals surface area contributed by atoms with Gasteiger partial charge in [-0.25, -0.2) is 4.98 Å². The number of allylic oxidation sites excluding steroid dienone is 1. The average Bonchev–Trinajstić information content (AvgIpc) is 2.48. The summed E-state index contributed by atoms with van der Waals surface area (Å²) in [5, 5.41) is 3.36. The first-order chi connectivity index (χ1) is 10.9. The van der Waals surface area contributed by atoms with Crippen molar-refractivity contribution in [1.29, 1.82) is 0 Å². The van der Waals surface area contributed by atoms with Crippen LogP contribution in [0.2, 0.25) is 0 Å². The number of nitrogens with one attached hydrogen (secondary N) is 1. The topological polar surface area (TPSA) is 64.0 Å². The van der Waals surface area contributed by atoms with Crippen molar-refractivity contribution in [3.63, 3.8) is 0 Å². The van der Waals surface area contributed by atoms with Crippen LogP contribution in [-0.2, 0) is 4.79 Å². The van der Waals surface area contributed by atoms with Crippen molar-refractivity contribution >= 4 is 16.8 Å². The van der Waals surface area contributed by atoms with Gasteiger partial charge in [-0.1, -0.05) is 32.6 Å². The summed E-state index contributed by atoms with van der Waals surface area (Å²) < 4.78 is 1.54. The molecule has 2 heterocycles. The lowest BCUT2D eigenvalue weighted by molar-refractivity contribution is -0.124. The van der Waals surface area contributed by atoms with Crippen LogP contribution in [0.5, 0.6) is 0 Å². The number of aromatic nitrogens is 2. The molecule has 5 nitrogen and oxygen atoms in total. The Kier molecular flexibility index (Phi) is 3.80. The van der Waals surface area contributed by atoms with Crippen molar-refractivity contribution in [2.75, 3.05) is 0 Å². The third kappa shape index (κ3) is 2.56. The Morgan fingerprint density at radius 3 is 2.74 bits per heavy atom. The lowest BCUT2D eigenvalue weighted by Crippen LogP contribution is -2.41. The van der Waals surface area contributed by atoms with Gasteiger partial charge < -0.3 is 5.32 Å². The molecule has 1 aromatic carbocycles. The molecule has 0 unspecified atom stereocenters. The molecular formula is C18H21N3O2. The Hall–Kier alpha value is -2.43. The highest BCUT2D eigenvalue weighted by Gasteiger charge is 2.28. The standard InChI is InChI=1S/C18H21N3O2/c1-10(2)13-6-5-7-14-16(13)18(23)21(12(4)20-14)15-9-8-11(3)19-17(15)22/h5-7,10,15H,3,8-9H2,1-2,4H3,(H,19,22)/t15-/m1/s1. The lowest BCUT2D eigenvalue weighted by atomic mass is 9.98. The van der Waals surface area contributed by atoms with E-state index >= 15 is 0 Å². The van der Waals surface area contributed by atoms with Crippen molar-refractivity contribution in [3.8, 4) is 0 Å². The molecule has 1 atom stereocenters. The molecule has 23 heavy (non-hydrogen) atoms. The highest BCUT2D eigenvalue weighted by Crippen LogP contribution is 2.25. The Morgan fingerprint density at radius 2 is 2.09 bits per heavy atom. The molecule has 5 heteroatoms. The summed E-state index contributed by atoms with van der Waals surface area (Å²) in [4.78, 5) is 30.0. The third-order valence-electron chi connectivity index (χ3n) is 4.39. The first kappa shape index (κ1) is 15.5. The van der Waals surface area contributed by atoms with E-state index in [1.807, 2.05) is 18.2 Å². The molecule has 0 aliphatic carbocycles. The highest BCUT2D eigenvalue weighted by molar-refractivity contribution is 5.85. The zero-order chi connectivity index (χ0) is 16.7. The number of fused-ring (bicyclic) bond motifs is 1. The van der Waals surface area contributed by atoms with Gasteiger partial charge in [0.15, 0.2) is 0 Å². The van der Waals surface area contributed by atoms with Gasteiger partial charge in [-0.15, -0.1) is 0 Å². The van der Waals surface area contributed by atoms with E-state index in [9.17, 15) is 9.59 Å². The largest absolute Gasteiger partial charge is 0.329 e. The Balaban J connectivity index is 2.26. The highest BCUT2D eigenvalue weighted by atomic mass is 16.2. The monoisotopic (exact) mass is 311 g/mol. The van der Waals surface area contributed by atoms with Gasteiger partial charge in [0.25, 0.3) is 5.56 Å². The fraction of sp³-hybridized carbons (Fsp3) is 0.389. The molecule has 2 aromatic rings. The Bertz CT molecular complexity index is 864. The minimum atomic E-state index is -0.523. The summed E-state index contributed by atoms with van der Waals surface area (Å²) >= 11 is 0. The molecule has 0 spiro atoms. The van der Waals surface area contributed by atoms with E-state index in [0.717, 1.165) is 5.56 Å². The fourth-order valence-electron chi connectivity index (χ4n) is 3.24. The smallest absolute Gasteiger partial charge is 0.262 e. The second kappa shape index (κ2) is 5.65. The first-order valence-corrected chi connectivity index (χ1v) is 7.90. The maximum Gasteiger partial charge on any atom is 0.262 e. The number of hydrogen-bond donors (Lipinski definition) is 1. The minimum Gasteiger partial charge on any atom is -0.329 e. The first-order valence-electron chi connectivity index (χ1n) is 7.90. The van der Waals surface area contributed by atoms with Gasteiger partial charge in [0.2, 0.25) is 5.91 Å². The van der Waals surface area contributed by atoms with Crippen LogP contribution in [0.1, 0.15) is 50.0 Å². The van der Waals surface area contributed by atoms with Crippen LogP contribution in [0, 0.1) is 6.92 Å². The predicted molar refractivity (Wildman–Crippen MR) is 90.4 cm³/mol. The van der Waals surface area contributed by atoms with Gasteiger partial charge in [0.1, 0.15) is 11.9 Å². The van der Waals surface area contributed by atoms with Crippen LogP contribution in [-0.4, -0.2) is 15.5 Å². The van der Waals surface area contributed by atoms with Gasteiger partial charge in [-0.3, -0.25) is 14.2 Å². The number of rotatable bonds is 2. The Labute approximate surface area is 135 Å². The van der Waals surface area contributed by atoms with E-state index in [2.05, 4.69) is 30.7 Å². The maximum atomic E-state index is 13.1. The normalized spacial score (nSPS) is 18.5. The van der Waals surface area contributed by atoms with Crippen molar-refractivity contribution in [3.05, 3.63) is 52.2 Å². The van der Waals surface area contributed by atoms with Crippen LogP contribution in [0.15, 0.2) is 35.3 Å². The number of hydrogen-bond acceptors (Lipinski definition) is 3. The van der Waals surface area contributed by atoms with E-state index in [1.54, 1.807) is 6.92 Å². The molecule has 1 amide bonds. The molecule has 1 aliphatic heterocycles. The van der Waals surface area contributed by atoms with Crippen molar-refractivity contribution in [1.82, 2.24) is 14.9 Å². The van der Waals surface area contributed by atoms with Gasteiger partial charge in [0.05, 0.1) is 10.9 Å². The van der Waals surface area contributed by atoms with Gasteiger partial charge in [0, 0.05) is 5.70 Å². The van der Waals surface area contributed by atoms with Gasteiger partial charge >= 0.3 is 0 Å². The number of carbonyl (C=O) groups excluding carboxylic acids is 1. The van der Waals surface area contributed by atoms with Crippen LogP contribution < -0.4 is 10.9 Å². The van der Waals surface area contributed by atoms with Crippen molar-refractivity contribution in [2.45, 2.75) is 45.6 Å². The molecule has 0 saturated carbocycles. The van der Waals surface area contributed by atoms with E-state index < -0.39 is 6.04 Å². The van der Waals surface area contributed by atoms with E-state index in [0.29, 0.717) is 35.3 Å². The van der Waals surface area contributed by atoms with Gasteiger partial charge in [-0.2, -0.15) is 0 Å². The molecule has 1 aliphatic rings. The van der Waals surface area contributed by atoms with E-state index in [4.69, 9.17) is 0 Å². The number of benzene rings is 1. The third-order valence-corrected chi connectivity index (χ3v) is 4.39. The molecule has 0 bridgehead atoms. The van der Waals surface area contributed by atoms with Crippen LogP contribution in [0.25, 0.3) is 10.9 Å².